The van der Waals surface area contributed by atoms with Gasteiger partial charge in [0.05, 0.1) is 12.1 Å². The Balaban J connectivity index is 2.20. The summed E-state index contributed by atoms with van der Waals surface area (Å²) in [6.45, 7) is 7.96. The molecule has 0 saturated carbocycles. The highest BCUT2D eigenvalue weighted by Gasteiger charge is 2.22. The number of nitrogens with zero attached hydrogens (tertiary/aromatic N) is 1. The molecule has 0 bridgehead atoms. The van der Waals surface area contributed by atoms with Crippen molar-refractivity contribution >= 4 is 27.0 Å². The fraction of sp³-hybridized carbons (Fsp3) is 0.474. The van der Waals surface area contributed by atoms with Gasteiger partial charge in [-0.3, -0.25) is 4.98 Å². The summed E-state index contributed by atoms with van der Waals surface area (Å²) >= 11 is 0. The van der Waals surface area contributed by atoms with Gasteiger partial charge in [0, 0.05) is 24.2 Å². The minimum absolute atomic E-state index is 0.0710. The summed E-state index contributed by atoms with van der Waals surface area (Å²) in [7, 11) is -3.78. The molecule has 2 N–H and O–H groups in total. The Hall–Kier alpha value is -2.19. The highest BCUT2D eigenvalue weighted by atomic mass is 32.2. The first-order valence-electron chi connectivity index (χ1n) is 9.01. The van der Waals surface area contributed by atoms with Gasteiger partial charge in [0.1, 0.15) is 4.90 Å². The van der Waals surface area contributed by atoms with Crippen LogP contribution >= 0.6 is 0 Å². The van der Waals surface area contributed by atoms with Gasteiger partial charge in [-0.25, -0.2) is 17.9 Å². The lowest BCUT2D eigenvalue weighted by atomic mass is 10.0. The minimum atomic E-state index is -3.78. The van der Waals surface area contributed by atoms with Crippen LogP contribution in [0.2, 0.25) is 0 Å². The fourth-order valence-electron chi connectivity index (χ4n) is 2.85. The molecule has 0 aliphatic rings. The zero-order chi connectivity index (χ0) is 20.0. The number of hydrogen-bond donors (Lipinski definition) is 2. The number of nitrogens with one attached hydrogen (secondary N) is 2. The molecular formula is C19H27N3O4S. The van der Waals surface area contributed by atoms with Crippen molar-refractivity contribution in [2.24, 2.45) is 5.92 Å². The van der Waals surface area contributed by atoms with Crippen molar-refractivity contribution in [3.05, 3.63) is 36.0 Å². The molecule has 1 atom stereocenters. The predicted molar refractivity (Wildman–Crippen MR) is 105 cm³/mol. The highest BCUT2D eigenvalue weighted by molar-refractivity contribution is 7.89. The molecule has 1 unspecified atom stereocenters. The van der Waals surface area contributed by atoms with Gasteiger partial charge in [-0.1, -0.05) is 26.0 Å². The first-order valence-corrected chi connectivity index (χ1v) is 10.5. The van der Waals surface area contributed by atoms with Gasteiger partial charge < -0.3 is 10.1 Å². The van der Waals surface area contributed by atoms with Crippen LogP contribution in [0.5, 0.6) is 0 Å². The normalized spacial score (nSPS) is 12.9. The van der Waals surface area contributed by atoms with E-state index in [4.69, 9.17) is 4.74 Å². The third kappa shape index (κ3) is 5.90. The number of aryl methyl sites for hydroxylation is 1. The molecular weight excluding hydrogens is 366 g/mol. The quantitative estimate of drug-likeness (QED) is 0.719. The molecule has 2 rings (SSSR count). The van der Waals surface area contributed by atoms with Crippen LogP contribution in [-0.2, 0) is 14.8 Å². The van der Waals surface area contributed by atoms with Crippen molar-refractivity contribution in [3.8, 4) is 0 Å². The van der Waals surface area contributed by atoms with E-state index in [-0.39, 0.29) is 30.0 Å². The van der Waals surface area contributed by atoms with Crippen LogP contribution in [-0.4, -0.2) is 38.7 Å². The zero-order valence-corrected chi connectivity index (χ0v) is 17.0. The summed E-state index contributed by atoms with van der Waals surface area (Å²) in [5.41, 5.74) is 1.38. The molecule has 148 valence electrons. The summed E-state index contributed by atoms with van der Waals surface area (Å²) < 4.78 is 33.2. The molecule has 27 heavy (non-hydrogen) atoms. The Morgan fingerprint density at radius 1 is 1.30 bits per heavy atom. The van der Waals surface area contributed by atoms with Gasteiger partial charge in [0.25, 0.3) is 0 Å². The Morgan fingerprint density at radius 3 is 2.70 bits per heavy atom. The molecule has 1 heterocycles. The number of para-hydroxylation sites is 1. The van der Waals surface area contributed by atoms with E-state index >= 15 is 0 Å². The van der Waals surface area contributed by atoms with Gasteiger partial charge in [0.15, 0.2) is 0 Å². The van der Waals surface area contributed by atoms with E-state index in [0.29, 0.717) is 11.9 Å². The number of sulfonamides is 1. The Labute approximate surface area is 160 Å². The maximum Gasteiger partial charge on any atom is 0.407 e. The SMILES string of the molecule is CCOC(=O)NC(CNS(=O)(=O)c1cccc2cc(C)cnc12)CC(C)C. The maximum absolute atomic E-state index is 12.8. The van der Waals surface area contributed by atoms with Crippen LogP contribution in [0.1, 0.15) is 32.8 Å². The number of carbonyl (C=O) groups is 1. The first kappa shape index (κ1) is 21.1. The summed E-state index contributed by atoms with van der Waals surface area (Å²) in [5.74, 6) is 0.281. The smallest absolute Gasteiger partial charge is 0.407 e. The summed E-state index contributed by atoms with van der Waals surface area (Å²) in [5, 5.41) is 3.48. The number of hydrogen-bond acceptors (Lipinski definition) is 5. The molecule has 0 saturated heterocycles. The summed E-state index contributed by atoms with van der Waals surface area (Å²) in [6, 6.07) is 6.58. The number of carbonyl (C=O) groups excluding carboxylic acids is 1. The number of fused-ring (bicyclic) bond motifs is 1. The van der Waals surface area contributed by atoms with E-state index in [1.807, 2.05) is 32.9 Å². The number of aromatic nitrogens is 1. The van der Waals surface area contributed by atoms with Gasteiger partial charge >= 0.3 is 6.09 Å². The van der Waals surface area contributed by atoms with Crippen LogP contribution in [0.25, 0.3) is 10.9 Å². The predicted octanol–water partition coefficient (Wildman–Crippen LogP) is 2.98. The van der Waals surface area contributed by atoms with E-state index in [0.717, 1.165) is 10.9 Å². The highest BCUT2D eigenvalue weighted by Crippen LogP contribution is 2.21. The standard InChI is InChI=1S/C19H27N3O4S/c1-5-26-19(23)22-16(9-13(2)3)12-21-27(24,25)17-8-6-7-15-10-14(4)11-20-18(15)17/h6-8,10-11,13,16,21H,5,9,12H2,1-4H3,(H,22,23). The lowest BCUT2D eigenvalue weighted by Crippen LogP contribution is -2.44. The molecule has 0 aliphatic heterocycles. The van der Waals surface area contributed by atoms with Crippen LogP contribution in [0.4, 0.5) is 4.79 Å². The third-order valence-electron chi connectivity index (χ3n) is 3.97. The molecule has 0 aliphatic carbocycles. The van der Waals surface area contributed by atoms with Gasteiger partial charge in [-0.15, -0.1) is 0 Å². The number of ether oxygens (including phenoxy) is 1. The minimum Gasteiger partial charge on any atom is -0.450 e. The van der Waals surface area contributed by atoms with Gasteiger partial charge in [0.2, 0.25) is 10.0 Å². The molecule has 7 nitrogen and oxygen atoms in total. The number of alkyl carbamates (subject to hydrolysis) is 1. The summed E-state index contributed by atoms with van der Waals surface area (Å²) in [6.07, 6.45) is 1.71. The molecule has 0 spiro atoms. The maximum atomic E-state index is 12.8. The lowest BCUT2D eigenvalue weighted by Gasteiger charge is -2.21. The van der Waals surface area contributed by atoms with Gasteiger partial charge in [-0.05, 0) is 43.9 Å². The Morgan fingerprint density at radius 2 is 2.04 bits per heavy atom. The number of rotatable bonds is 8. The largest absolute Gasteiger partial charge is 0.450 e. The Bertz CT molecular complexity index is 897. The van der Waals surface area contributed by atoms with Crippen LogP contribution in [0.3, 0.4) is 0 Å². The number of amides is 1. The second kappa shape index (κ2) is 9.14. The first-order chi connectivity index (χ1) is 12.7. The third-order valence-corrected chi connectivity index (χ3v) is 5.43. The van der Waals surface area contributed by atoms with E-state index in [1.165, 1.54) is 6.07 Å². The second-order valence-electron chi connectivity index (χ2n) is 6.88. The average molecular weight is 394 g/mol. The van der Waals surface area contributed by atoms with Crippen molar-refractivity contribution in [1.82, 2.24) is 15.0 Å². The van der Waals surface area contributed by atoms with E-state index in [9.17, 15) is 13.2 Å². The monoisotopic (exact) mass is 393 g/mol. The molecule has 1 aromatic heterocycles. The van der Waals surface area contributed by atoms with Gasteiger partial charge in [-0.2, -0.15) is 0 Å². The van der Waals surface area contributed by atoms with Crippen molar-refractivity contribution in [2.45, 2.75) is 45.1 Å². The van der Waals surface area contributed by atoms with Crippen molar-refractivity contribution in [2.75, 3.05) is 13.2 Å². The molecule has 8 heteroatoms. The topological polar surface area (TPSA) is 97.4 Å². The van der Waals surface area contributed by atoms with Crippen molar-refractivity contribution in [3.63, 3.8) is 0 Å². The number of pyridine rings is 1. The molecule has 1 amide bonds. The molecule has 0 radical (unpaired) electrons. The zero-order valence-electron chi connectivity index (χ0n) is 16.2. The molecule has 0 fully saturated rings. The van der Waals surface area contributed by atoms with Crippen LogP contribution in [0.15, 0.2) is 35.4 Å². The van der Waals surface area contributed by atoms with E-state index in [1.54, 1.807) is 19.2 Å². The second-order valence-corrected chi connectivity index (χ2v) is 8.62. The molecule has 2 aromatic rings. The van der Waals surface area contributed by atoms with E-state index in [2.05, 4.69) is 15.0 Å². The lowest BCUT2D eigenvalue weighted by molar-refractivity contribution is 0.146. The fourth-order valence-corrected chi connectivity index (χ4v) is 4.11. The average Bonchev–Trinajstić information content (AvgIpc) is 2.58. The Kier molecular flexibility index (Phi) is 7.15. The molecule has 1 aromatic carbocycles. The van der Waals surface area contributed by atoms with Crippen LogP contribution < -0.4 is 10.0 Å². The van der Waals surface area contributed by atoms with Crippen molar-refractivity contribution < 1.29 is 17.9 Å². The summed E-state index contributed by atoms with van der Waals surface area (Å²) in [4.78, 5) is 16.1. The van der Waals surface area contributed by atoms with Crippen LogP contribution in [0, 0.1) is 12.8 Å². The van der Waals surface area contributed by atoms with Crippen molar-refractivity contribution in [1.29, 1.82) is 0 Å². The number of benzene rings is 1. The van der Waals surface area contributed by atoms with E-state index < -0.39 is 16.1 Å².